The molecule has 3 fully saturated rings. The fourth-order valence-electron chi connectivity index (χ4n) is 4.55. The van der Waals surface area contributed by atoms with Gasteiger partial charge in [0.05, 0.1) is 5.56 Å². The summed E-state index contributed by atoms with van der Waals surface area (Å²) in [7, 11) is 0. The minimum absolute atomic E-state index is 0.524. The van der Waals surface area contributed by atoms with Gasteiger partial charge in [-0.05, 0) is 55.4 Å². The van der Waals surface area contributed by atoms with E-state index in [0.717, 1.165) is 42.3 Å². The third kappa shape index (κ3) is 3.61. The molecule has 3 atom stereocenters. The van der Waals surface area contributed by atoms with Gasteiger partial charge in [0, 0.05) is 38.4 Å². The van der Waals surface area contributed by atoms with Gasteiger partial charge in [0.15, 0.2) is 5.11 Å². The quantitative estimate of drug-likeness (QED) is 0.791. The van der Waals surface area contributed by atoms with E-state index in [-0.39, 0.29) is 0 Å². The van der Waals surface area contributed by atoms with Crippen molar-refractivity contribution in [2.45, 2.75) is 37.9 Å². The Bertz CT molecular complexity index is 655. The third-order valence-electron chi connectivity index (χ3n) is 6.01. The molecule has 2 aliphatic carbocycles. The van der Waals surface area contributed by atoms with Crippen LogP contribution in [0.2, 0.25) is 0 Å². The first-order chi connectivity index (χ1) is 12.4. The second-order valence-corrected chi connectivity index (χ2v) is 7.99. The van der Waals surface area contributed by atoms with Gasteiger partial charge in [0.25, 0.3) is 0 Å². The average Bonchev–Trinajstić information content (AvgIpc) is 3.24. The summed E-state index contributed by atoms with van der Waals surface area (Å²) in [4.78, 5) is 8.17. The smallest absolute Gasteiger partial charge is 0.360 e. The third-order valence-corrected chi connectivity index (χ3v) is 6.39. The minimum Gasteiger partial charge on any atom is -0.360 e. The van der Waals surface area contributed by atoms with Crippen LogP contribution in [-0.4, -0.2) is 47.2 Å². The zero-order valence-electron chi connectivity index (χ0n) is 14.5. The van der Waals surface area contributed by atoms with Crippen LogP contribution in [-0.2, 0) is 6.18 Å². The van der Waals surface area contributed by atoms with Crippen molar-refractivity contribution < 1.29 is 13.2 Å². The molecule has 0 aromatic carbocycles. The van der Waals surface area contributed by atoms with Gasteiger partial charge in [-0.2, -0.15) is 13.2 Å². The fourth-order valence-corrected chi connectivity index (χ4v) is 4.88. The number of fused-ring (bicyclic) bond motifs is 2. The molecule has 8 heteroatoms. The molecular weight excluding hydrogens is 361 g/mol. The lowest BCUT2D eigenvalue weighted by Crippen LogP contribution is -2.54. The highest BCUT2D eigenvalue weighted by Crippen LogP contribution is 2.44. The molecule has 1 N–H and O–H groups in total. The molecule has 0 unspecified atom stereocenters. The maximum Gasteiger partial charge on any atom is 0.417 e. The molecule has 4 rings (SSSR count). The van der Waals surface area contributed by atoms with Crippen LogP contribution in [0.3, 0.4) is 0 Å². The molecule has 1 aromatic heterocycles. The molecule has 0 spiro atoms. The lowest BCUT2D eigenvalue weighted by Gasteiger charge is -2.38. The van der Waals surface area contributed by atoms with Gasteiger partial charge in [-0.1, -0.05) is 6.42 Å². The fraction of sp³-hybridized carbons (Fsp3) is 0.667. The largest absolute Gasteiger partial charge is 0.417 e. The van der Waals surface area contributed by atoms with Crippen LogP contribution in [0.25, 0.3) is 0 Å². The van der Waals surface area contributed by atoms with Gasteiger partial charge in [-0.25, -0.2) is 4.98 Å². The number of nitrogens with zero attached hydrogens (tertiary/aromatic N) is 3. The number of thiocarbonyl (C=S) groups is 1. The van der Waals surface area contributed by atoms with Crippen LogP contribution in [0, 0.1) is 11.8 Å². The van der Waals surface area contributed by atoms with Crippen LogP contribution < -0.4 is 10.2 Å². The number of anilines is 1. The summed E-state index contributed by atoms with van der Waals surface area (Å²) in [5, 5.41) is 4.38. The lowest BCUT2D eigenvalue weighted by molar-refractivity contribution is -0.137. The zero-order valence-corrected chi connectivity index (χ0v) is 15.3. The predicted octanol–water partition coefficient (Wildman–Crippen LogP) is 3.29. The van der Waals surface area contributed by atoms with Gasteiger partial charge in [0.2, 0.25) is 0 Å². The predicted molar refractivity (Wildman–Crippen MR) is 98.0 cm³/mol. The number of hydrogen-bond donors (Lipinski definition) is 1. The molecule has 2 heterocycles. The van der Waals surface area contributed by atoms with Crippen LogP contribution in [0.1, 0.15) is 31.2 Å². The van der Waals surface area contributed by atoms with E-state index in [1.165, 1.54) is 31.7 Å². The van der Waals surface area contributed by atoms with Crippen molar-refractivity contribution in [2.75, 3.05) is 31.1 Å². The van der Waals surface area contributed by atoms with Crippen molar-refractivity contribution >= 4 is 23.1 Å². The second-order valence-electron chi connectivity index (χ2n) is 7.61. The summed E-state index contributed by atoms with van der Waals surface area (Å²) >= 11 is 5.60. The summed E-state index contributed by atoms with van der Waals surface area (Å²) in [5.41, 5.74) is -0.712. The molecule has 0 amide bonds. The number of pyridine rings is 1. The Morgan fingerprint density at radius 3 is 2.42 bits per heavy atom. The van der Waals surface area contributed by atoms with Crippen molar-refractivity contribution in [1.29, 1.82) is 0 Å². The summed E-state index contributed by atoms with van der Waals surface area (Å²) < 4.78 is 37.9. The van der Waals surface area contributed by atoms with Crippen molar-refractivity contribution in [3.8, 4) is 0 Å². The molecule has 0 radical (unpaired) electrons. The van der Waals surface area contributed by atoms with E-state index in [2.05, 4.69) is 15.2 Å². The summed E-state index contributed by atoms with van der Waals surface area (Å²) in [5.74, 6) is 2.24. The van der Waals surface area contributed by atoms with Crippen molar-refractivity contribution in [3.05, 3.63) is 23.9 Å². The molecule has 1 aromatic rings. The van der Waals surface area contributed by atoms with Gasteiger partial charge in [-0.15, -0.1) is 0 Å². The van der Waals surface area contributed by atoms with E-state index in [1.807, 2.05) is 4.90 Å². The van der Waals surface area contributed by atoms with E-state index in [4.69, 9.17) is 12.2 Å². The highest BCUT2D eigenvalue weighted by molar-refractivity contribution is 7.80. The van der Waals surface area contributed by atoms with Crippen molar-refractivity contribution in [1.82, 2.24) is 15.2 Å². The first-order valence-electron chi connectivity index (χ1n) is 9.24. The van der Waals surface area contributed by atoms with Crippen LogP contribution >= 0.6 is 12.2 Å². The van der Waals surface area contributed by atoms with E-state index in [1.54, 1.807) is 0 Å². The van der Waals surface area contributed by atoms with E-state index < -0.39 is 11.7 Å². The topological polar surface area (TPSA) is 31.4 Å². The number of aromatic nitrogens is 1. The Morgan fingerprint density at radius 1 is 1.12 bits per heavy atom. The Balaban J connectivity index is 1.29. The Labute approximate surface area is 156 Å². The molecule has 142 valence electrons. The van der Waals surface area contributed by atoms with Gasteiger partial charge < -0.3 is 15.1 Å². The van der Waals surface area contributed by atoms with Crippen LogP contribution in [0.4, 0.5) is 19.0 Å². The minimum atomic E-state index is -4.35. The number of halogens is 3. The molecule has 2 saturated carbocycles. The molecule has 3 aliphatic rings. The normalized spacial score (nSPS) is 28.5. The van der Waals surface area contributed by atoms with Crippen LogP contribution in [0.15, 0.2) is 18.3 Å². The highest BCUT2D eigenvalue weighted by Gasteiger charge is 2.40. The SMILES string of the molecule is FC(F)(F)c1ccc(N2CCN(C(=S)N[C@@H]3C[C@H]4CC[C@@H]3C4)CC2)nc1. The Morgan fingerprint density at radius 2 is 1.88 bits per heavy atom. The van der Waals surface area contributed by atoms with E-state index in [9.17, 15) is 13.2 Å². The Kier molecular flexibility index (Phi) is 4.71. The molecular formula is C18H23F3N4S. The van der Waals surface area contributed by atoms with E-state index >= 15 is 0 Å². The zero-order chi connectivity index (χ0) is 18.3. The maximum atomic E-state index is 12.6. The molecule has 2 bridgehead atoms. The first kappa shape index (κ1) is 17.8. The van der Waals surface area contributed by atoms with Gasteiger partial charge in [0.1, 0.15) is 5.82 Å². The molecule has 1 aliphatic heterocycles. The molecule has 26 heavy (non-hydrogen) atoms. The number of piperazine rings is 1. The first-order valence-corrected chi connectivity index (χ1v) is 9.64. The van der Waals surface area contributed by atoms with E-state index in [0.29, 0.717) is 24.9 Å². The summed E-state index contributed by atoms with van der Waals surface area (Å²) in [6.07, 6.45) is 1.82. The van der Waals surface area contributed by atoms with Crippen molar-refractivity contribution in [2.24, 2.45) is 11.8 Å². The van der Waals surface area contributed by atoms with Gasteiger partial charge in [-0.3, -0.25) is 0 Å². The monoisotopic (exact) mass is 384 g/mol. The average molecular weight is 384 g/mol. The van der Waals surface area contributed by atoms with Crippen LogP contribution in [0.5, 0.6) is 0 Å². The lowest BCUT2D eigenvalue weighted by atomic mass is 9.95. The number of nitrogens with one attached hydrogen (secondary N) is 1. The summed E-state index contributed by atoms with van der Waals surface area (Å²) in [6.45, 7) is 2.93. The second kappa shape index (κ2) is 6.87. The standard InChI is InChI=1S/C18H23F3N4S/c19-18(20,21)14-3-4-16(22-11-14)24-5-7-25(8-6-24)17(26)23-15-10-12-1-2-13(15)9-12/h3-4,11-13,15H,1-2,5-10H2,(H,23,26)/t12-,13+,15+/m0/s1. The number of hydrogen-bond acceptors (Lipinski definition) is 3. The number of rotatable bonds is 2. The highest BCUT2D eigenvalue weighted by atomic mass is 32.1. The molecule has 1 saturated heterocycles. The molecule has 4 nitrogen and oxygen atoms in total. The summed E-state index contributed by atoms with van der Waals surface area (Å²) in [6, 6.07) is 3.07. The van der Waals surface area contributed by atoms with Crippen molar-refractivity contribution in [3.63, 3.8) is 0 Å². The van der Waals surface area contributed by atoms with Gasteiger partial charge >= 0.3 is 6.18 Å². The number of alkyl halides is 3. The Hall–Kier alpha value is -1.57. The maximum absolute atomic E-state index is 12.6.